The Bertz CT molecular complexity index is 909. The number of halogens is 1. The van der Waals surface area contributed by atoms with Gasteiger partial charge in [-0.2, -0.15) is 0 Å². The minimum Gasteiger partial charge on any atom is -0.504 e. The monoisotopic (exact) mass is 434 g/mol. The maximum absolute atomic E-state index is 13.1. The Morgan fingerprint density at radius 2 is 1.90 bits per heavy atom. The van der Waals surface area contributed by atoms with Crippen LogP contribution in [0.15, 0.2) is 47.6 Å². The van der Waals surface area contributed by atoms with Gasteiger partial charge in [0.05, 0.1) is 6.04 Å². The molecule has 0 aromatic heterocycles. The average Bonchev–Trinajstić information content (AvgIpc) is 2.64. The lowest BCUT2D eigenvalue weighted by Crippen LogP contribution is -2.72. The van der Waals surface area contributed by atoms with Crippen molar-refractivity contribution in [3.63, 3.8) is 0 Å². The zero-order valence-electron chi connectivity index (χ0n) is 16.5. The maximum Gasteiger partial charge on any atom is 0.401 e. The first-order valence-electron chi connectivity index (χ1n) is 9.24. The highest BCUT2D eigenvalue weighted by atomic mass is 35.5. The summed E-state index contributed by atoms with van der Waals surface area (Å²) < 4.78 is 5.66. The first-order chi connectivity index (χ1) is 13.5. The summed E-state index contributed by atoms with van der Waals surface area (Å²) in [7, 11) is -2.25. The fourth-order valence-electron chi connectivity index (χ4n) is 3.59. The van der Waals surface area contributed by atoms with Crippen LogP contribution in [0.3, 0.4) is 0 Å². The van der Waals surface area contributed by atoms with E-state index in [9.17, 15) is 19.5 Å². The van der Waals surface area contributed by atoms with Gasteiger partial charge in [-0.25, -0.2) is 9.59 Å². The number of aliphatic carboxylic acids is 1. The number of carbonyl (C=O) groups excluding carboxylic acids is 2. The highest BCUT2D eigenvalue weighted by molar-refractivity contribution is 6.71. The van der Waals surface area contributed by atoms with E-state index in [1.165, 1.54) is 9.80 Å². The number of carboxylic acids is 1. The first kappa shape index (κ1) is 21.1. The van der Waals surface area contributed by atoms with Gasteiger partial charge in [0, 0.05) is 10.7 Å². The van der Waals surface area contributed by atoms with Crippen molar-refractivity contribution in [2.24, 2.45) is 0 Å². The van der Waals surface area contributed by atoms with Crippen molar-refractivity contribution in [1.82, 2.24) is 9.80 Å². The number of carbonyl (C=O) groups is 3. The lowest BCUT2D eigenvalue weighted by atomic mass is 9.85. The van der Waals surface area contributed by atoms with Gasteiger partial charge in [0.1, 0.15) is 11.7 Å². The van der Waals surface area contributed by atoms with Gasteiger partial charge in [-0.15, -0.1) is 0 Å². The Balaban J connectivity index is 1.98. The summed E-state index contributed by atoms with van der Waals surface area (Å²) in [6.45, 7) is 9.65. The minimum absolute atomic E-state index is 0.138. The third-order valence-electron chi connectivity index (χ3n) is 4.81. The first-order valence-corrected chi connectivity index (χ1v) is 13.0. The summed E-state index contributed by atoms with van der Waals surface area (Å²) in [4.78, 5) is 40.1. The number of β-lactam (4-membered cyclic amide) rings is 1. The molecule has 154 valence electrons. The normalized spacial score (nSPS) is 21.2. The lowest BCUT2D eigenvalue weighted by Gasteiger charge is -2.53. The largest absolute Gasteiger partial charge is 0.504 e. The highest BCUT2D eigenvalue weighted by Crippen LogP contribution is 2.42. The molecule has 1 aromatic carbocycles. The summed E-state index contributed by atoms with van der Waals surface area (Å²) in [6.07, 6.45) is 0.127. The van der Waals surface area contributed by atoms with Gasteiger partial charge >= 0.3 is 12.1 Å². The van der Waals surface area contributed by atoms with Crippen molar-refractivity contribution < 1.29 is 23.9 Å². The van der Waals surface area contributed by atoms with Crippen LogP contribution in [0.2, 0.25) is 19.6 Å². The summed E-state index contributed by atoms with van der Waals surface area (Å²) in [5.41, 5.74) is 0.798. The molecule has 0 saturated carbocycles. The Morgan fingerprint density at radius 3 is 2.45 bits per heavy atom. The molecule has 2 aliphatic rings. The van der Waals surface area contributed by atoms with Crippen molar-refractivity contribution >= 4 is 43.6 Å². The van der Waals surface area contributed by atoms with Gasteiger partial charge in [0.15, 0.2) is 0 Å². The van der Waals surface area contributed by atoms with Crippen molar-refractivity contribution in [2.75, 3.05) is 0 Å². The van der Waals surface area contributed by atoms with Gasteiger partial charge in [-0.05, 0) is 38.0 Å². The standard InChI is InChI=1S/C20H23ClN2O5Si/c1-12(13-8-6-5-7-9-13)22(20(27)28-29(2,3)4)17-15-11-10-14(21)16(19(25)26)23(15)18(17)24/h5-9,15,17H,1,10-11H2,2-4H3,(H,25,26)/t15-,17+/m1/s1. The van der Waals surface area contributed by atoms with Gasteiger partial charge in [0.25, 0.3) is 5.91 Å². The third kappa shape index (κ3) is 3.95. The Labute approximate surface area is 175 Å². The van der Waals surface area contributed by atoms with E-state index in [2.05, 4.69) is 6.58 Å². The molecule has 1 N–H and O–H groups in total. The van der Waals surface area contributed by atoms with E-state index in [1.54, 1.807) is 12.1 Å². The molecule has 1 fully saturated rings. The topological polar surface area (TPSA) is 87.2 Å². The van der Waals surface area contributed by atoms with Gasteiger partial charge in [-0.1, -0.05) is 48.5 Å². The molecule has 0 unspecified atom stereocenters. The molecular formula is C20H23ClN2O5Si. The van der Waals surface area contributed by atoms with Gasteiger partial charge < -0.3 is 9.53 Å². The lowest BCUT2D eigenvalue weighted by molar-refractivity contribution is -0.157. The molecule has 2 atom stereocenters. The number of nitrogens with zero attached hydrogens (tertiary/aromatic N) is 2. The number of amides is 2. The Morgan fingerprint density at radius 1 is 1.28 bits per heavy atom. The smallest absolute Gasteiger partial charge is 0.401 e. The van der Waals surface area contributed by atoms with Gasteiger partial charge in [0.2, 0.25) is 8.32 Å². The zero-order chi connectivity index (χ0) is 21.5. The van der Waals surface area contributed by atoms with Crippen molar-refractivity contribution in [1.29, 1.82) is 0 Å². The number of carboxylic acid groups (broad SMARTS) is 1. The van der Waals surface area contributed by atoms with E-state index in [0.29, 0.717) is 24.1 Å². The Kier molecular flexibility index (Phi) is 5.60. The SMILES string of the molecule is C=C(c1ccccc1)N(C(=O)O[Si](C)(C)C)[C@@H]1C(=O)N2C(C(=O)O)=C(Cl)CC[C@H]12. The van der Waals surface area contributed by atoms with E-state index in [-0.39, 0.29) is 10.7 Å². The van der Waals surface area contributed by atoms with Crippen LogP contribution in [0.1, 0.15) is 18.4 Å². The molecule has 0 aliphatic carbocycles. The summed E-state index contributed by atoms with van der Waals surface area (Å²) in [5, 5.41) is 9.61. The van der Waals surface area contributed by atoms with E-state index >= 15 is 0 Å². The Hall–Kier alpha value is -2.58. The molecule has 2 amide bonds. The van der Waals surface area contributed by atoms with Crippen LogP contribution in [0.5, 0.6) is 0 Å². The maximum atomic E-state index is 13.1. The molecule has 0 radical (unpaired) electrons. The quantitative estimate of drug-likeness (QED) is 0.562. The van der Waals surface area contributed by atoms with Crippen LogP contribution in [0, 0.1) is 0 Å². The van der Waals surface area contributed by atoms with E-state index in [1.807, 2.05) is 37.8 Å². The number of hydrogen-bond acceptors (Lipinski definition) is 4. The van der Waals surface area contributed by atoms with Crippen molar-refractivity contribution in [2.45, 2.75) is 44.6 Å². The molecule has 9 heteroatoms. The molecule has 2 heterocycles. The van der Waals surface area contributed by atoms with Crippen LogP contribution in [0.25, 0.3) is 5.70 Å². The van der Waals surface area contributed by atoms with Crippen LogP contribution < -0.4 is 0 Å². The average molecular weight is 435 g/mol. The summed E-state index contributed by atoms with van der Waals surface area (Å²) in [5.74, 6) is -1.76. The molecular weight excluding hydrogens is 412 g/mol. The summed E-state index contributed by atoms with van der Waals surface area (Å²) >= 11 is 6.06. The van der Waals surface area contributed by atoms with Crippen LogP contribution in [0.4, 0.5) is 4.79 Å². The zero-order valence-corrected chi connectivity index (χ0v) is 18.3. The third-order valence-corrected chi connectivity index (χ3v) is 5.97. The second kappa shape index (κ2) is 7.68. The fourth-order valence-corrected chi connectivity index (χ4v) is 4.49. The molecule has 7 nitrogen and oxygen atoms in total. The minimum atomic E-state index is -2.25. The number of hydrogen-bond donors (Lipinski definition) is 1. The molecule has 1 aromatic rings. The fraction of sp³-hybridized carbons (Fsp3) is 0.350. The predicted molar refractivity (Wildman–Crippen MR) is 111 cm³/mol. The van der Waals surface area contributed by atoms with Crippen LogP contribution >= 0.6 is 11.6 Å². The molecule has 3 rings (SSSR count). The highest BCUT2D eigenvalue weighted by Gasteiger charge is 2.57. The molecule has 0 bridgehead atoms. The second-order valence-corrected chi connectivity index (χ2v) is 12.9. The molecule has 1 saturated heterocycles. The number of benzene rings is 1. The molecule has 0 spiro atoms. The summed E-state index contributed by atoms with van der Waals surface area (Å²) in [6, 6.07) is 7.66. The number of allylic oxidation sites excluding steroid dienone is 1. The molecule has 29 heavy (non-hydrogen) atoms. The number of rotatable bonds is 5. The van der Waals surface area contributed by atoms with Crippen LogP contribution in [-0.4, -0.2) is 53.3 Å². The van der Waals surface area contributed by atoms with E-state index in [0.717, 1.165) is 0 Å². The van der Waals surface area contributed by atoms with Crippen molar-refractivity contribution in [3.05, 3.63) is 53.2 Å². The predicted octanol–water partition coefficient (Wildman–Crippen LogP) is 3.84. The van der Waals surface area contributed by atoms with Crippen LogP contribution in [-0.2, 0) is 14.0 Å². The number of fused-ring (bicyclic) bond motifs is 1. The van der Waals surface area contributed by atoms with E-state index in [4.69, 9.17) is 16.0 Å². The van der Waals surface area contributed by atoms with Gasteiger partial charge in [-0.3, -0.25) is 14.6 Å². The molecule has 2 aliphatic heterocycles. The second-order valence-electron chi connectivity index (χ2n) is 7.98. The van der Waals surface area contributed by atoms with Crippen molar-refractivity contribution in [3.8, 4) is 0 Å². The van der Waals surface area contributed by atoms with E-state index < -0.39 is 38.4 Å².